The van der Waals surface area contributed by atoms with Crippen LogP contribution in [0.2, 0.25) is 0 Å². The minimum atomic E-state index is -0.0409. The Hall–Kier alpha value is -8.05. The predicted molar refractivity (Wildman–Crippen MR) is 257 cm³/mol. The average molecular weight is 793 g/mol. The summed E-state index contributed by atoms with van der Waals surface area (Å²) in [6, 6.07) is 80.5. The number of hydrazine groups is 1. The fraction of sp³-hybridized carbons (Fsp3) is 0.0172. The Morgan fingerprint density at radius 3 is 1.66 bits per heavy atom. The third-order valence-corrected chi connectivity index (χ3v) is 12.4. The van der Waals surface area contributed by atoms with Crippen LogP contribution in [0.4, 0.5) is 0 Å². The molecule has 0 saturated carbocycles. The highest BCUT2D eigenvalue weighted by atomic mass is 15.6. The van der Waals surface area contributed by atoms with Crippen LogP contribution >= 0.6 is 0 Å². The third kappa shape index (κ3) is 6.08. The summed E-state index contributed by atoms with van der Waals surface area (Å²) in [5, 5.41) is 4.81. The number of rotatable bonds is 7. The van der Waals surface area contributed by atoms with Crippen molar-refractivity contribution >= 4 is 44.8 Å². The Morgan fingerprint density at radius 1 is 0.419 bits per heavy atom. The molecule has 2 aromatic heterocycles. The van der Waals surface area contributed by atoms with Crippen LogP contribution in [0.3, 0.4) is 0 Å². The molecular formula is C58H40N4. The van der Waals surface area contributed by atoms with Gasteiger partial charge in [-0.25, -0.2) is 10.4 Å². The van der Waals surface area contributed by atoms with E-state index in [0.717, 1.165) is 50.6 Å². The van der Waals surface area contributed by atoms with Gasteiger partial charge >= 0.3 is 0 Å². The van der Waals surface area contributed by atoms with E-state index in [4.69, 9.17) is 4.98 Å². The summed E-state index contributed by atoms with van der Waals surface area (Å²) in [6.45, 7) is 0. The molecule has 2 aliphatic rings. The van der Waals surface area contributed by atoms with E-state index in [1.165, 1.54) is 55.3 Å². The molecule has 0 saturated heterocycles. The maximum absolute atomic E-state index is 5.37. The average Bonchev–Trinajstić information content (AvgIpc) is 3.92. The number of hydrogen-bond donors (Lipinski definition) is 1. The number of fused-ring (bicyclic) bond motifs is 6. The van der Waals surface area contributed by atoms with Crippen LogP contribution in [-0.4, -0.2) is 14.6 Å². The number of nitrogens with zero attached hydrogens (tertiary/aromatic N) is 3. The van der Waals surface area contributed by atoms with E-state index >= 15 is 0 Å². The normalized spacial score (nSPS) is 14.5. The van der Waals surface area contributed by atoms with Gasteiger partial charge < -0.3 is 4.57 Å². The van der Waals surface area contributed by atoms with Gasteiger partial charge in [0.1, 0.15) is 0 Å². The highest BCUT2D eigenvalue weighted by molar-refractivity contribution is 6.09. The van der Waals surface area contributed by atoms with Crippen LogP contribution in [0.15, 0.2) is 224 Å². The molecule has 4 nitrogen and oxygen atoms in total. The summed E-state index contributed by atoms with van der Waals surface area (Å²) in [5.41, 5.74) is 23.2. The van der Waals surface area contributed by atoms with Gasteiger partial charge in [0, 0.05) is 38.7 Å². The molecule has 1 N–H and O–H groups in total. The summed E-state index contributed by atoms with van der Waals surface area (Å²) >= 11 is 0. The number of hydrogen-bond acceptors (Lipinski definition) is 3. The minimum absolute atomic E-state index is 0.0409. The van der Waals surface area contributed by atoms with E-state index in [1.54, 1.807) is 0 Å². The largest absolute Gasteiger partial charge is 0.309 e. The molecule has 0 amide bonds. The molecule has 4 heterocycles. The molecule has 4 heteroatoms. The maximum atomic E-state index is 5.37. The zero-order valence-electron chi connectivity index (χ0n) is 33.9. The monoisotopic (exact) mass is 792 g/mol. The molecule has 2 aliphatic heterocycles. The molecule has 0 spiro atoms. The number of nitrogens with one attached hydrogen (secondary N) is 1. The smallest absolute Gasteiger partial charge is 0.0793 e. The van der Waals surface area contributed by atoms with Crippen LogP contribution in [0.5, 0.6) is 0 Å². The molecule has 0 aliphatic carbocycles. The van der Waals surface area contributed by atoms with Crippen LogP contribution in [0.1, 0.15) is 33.9 Å². The molecular weight excluding hydrogens is 753 g/mol. The SMILES string of the molecule is C1=C(c2ccccc2)N2NC(c3ccccc3)C(c3ccccc3)=C2c2ccc(-c3cc(-c4ccccc4)nc(-c4cccc(-n5c6ccccc6c6ccccc65)c4)c3)cc21. The number of benzene rings is 8. The topological polar surface area (TPSA) is 33.1 Å². The van der Waals surface area contributed by atoms with Crippen LogP contribution in [0.25, 0.3) is 84.2 Å². The summed E-state index contributed by atoms with van der Waals surface area (Å²) in [7, 11) is 0. The summed E-state index contributed by atoms with van der Waals surface area (Å²) in [6.07, 6.45) is 2.34. The van der Waals surface area contributed by atoms with E-state index < -0.39 is 0 Å². The van der Waals surface area contributed by atoms with Crippen LogP contribution in [0, 0.1) is 0 Å². The van der Waals surface area contributed by atoms with Crippen molar-refractivity contribution in [3.8, 4) is 39.3 Å². The van der Waals surface area contributed by atoms with Crippen molar-refractivity contribution in [2.45, 2.75) is 6.04 Å². The van der Waals surface area contributed by atoms with Gasteiger partial charge in [0.15, 0.2) is 0 Å². The van der Waals surface area contributed by atoms with Gasteiger partial charge in [-0.15, -0.1) is 0 Å². The van der Waals surface area contributed by atoms with Gasteiger partial charge in [-0.05, 0) is 81.9 Å². The van der Waals surface area contributed by atoms with Gasteiger partial charge in [0.2, 0.25) is 0 Å². The molecule has 0 fully saturated rings. The second-order valence-corrected chi connectivity index (χ2v) is 16.0. The van der Waals surface area contributed by atoms with E-state index in [1.807, 2.05) is 0 Å². The van der Waals surface area contributed by atoms with Crippen molar-refractivity contribution in [3.05, 3.63) is 252 Å². The Bertz CT molecular complexity index is 3310. The molecule has 1 atom stereocenters. The lowest BCUT2D eigenvalue weighted by Crippen LogP contribution is -2.33. The van der Waals surface area contributed by atoms with Crippen molar-refractivity contribution in [1.82, 2.24) is 20.0 Å². The Kier molecular flexibility index (Phi) is 8.61. The highest BCUT2D eigenvalue weighted by Crippen LogP contribution is 2.50. The number of para-hydroxylation sites is 2. The Morgan fingerprint density at radius 2 is 0.984 bits per heavy atom. The lowest BCUT2D eigenvalue weighted by Gasteiger charge is -2.31. The number of aromatic nitrogens is 2. The summed E-state index contributed by atoms with van der Waals surface area (Å²) < 4.78 is 2.37. The van der Waals surface area contributed by atoms with Crippen LogP contribution in [-0.2, 0) is 0 Å². The molecule has 10 aromatic rings. The lowest BCUT2D eigenvalue weighted by molar-refractivity contribution is 0.405. The van der Waals surface area contributed by atoms with Gasteiger partial charge in [0.25, 0.3) is 0 Å². The fourth-order valence-electron chi connectivity index (χ4n) is 9.50. The molecule has 8 aromatic carbocycles. The highest BCUT2D eigenvalue weighted by Gasteiger charge is 2.38. The first-order chi connectivity index (χ1) is 30.7. The first-order valence-corrected chi connectivity index (χ1v) is 21.2. The van der Waals surface area contributed by atoms with Gasteiger partial charge in [-0.2, -0.15) is 0 Å². The van der Waals surface area contributed by atoms with Gasteiger partial charge in [-0.3, -0.25) is 5.01 Å². The zero-order chi connectivity index (χ0) is 41.0. The van der Waals surface area contributed by atoms with E-state index in [-0.39, 0.29) is 6.04 Å². The Balaban J connectivity index is 1.04. The maximum Gasteiger partial charge on any atom is 0.0793 e. The lowest BCUT2D eigenvalue weighted by atomic mass is 9.87. The van der Waals surface area contributed by atoms with Gasteiger partial charge in [0.05, 0.1) is 39.9 Å². The molecule has 12 rings (SSSR count). The molecule has 0 bridgehead atoms. The standard InChI is InChI=1S/C58H40N4/c1-5-18-39(19-6-1)51-36-45(37-52(59-51)44-26-17-27-47(35-44)61-53-30-15-13-28-49(53)50-29-14-16-31-54(50)61)43-32-33-48-46(34-43)38-55(40-20-7-2-8-21-40)62-58(48)56(41-22-9-3-10-23-41)57(60-62)42-24-11-4-12-25-42/h1-38,57,60H. The van der Waals surface area contributed by atoms with E-state index in [2.05, 4.69) is 246 Å². The molecule has 62 heavy (non-hydrogen) atoms. The van der Waals surface area contributed by atoms with Gasteiger partial charge in [-0.1, -0.05) is 182 Å². The first-order valence-electron chi connectivity index (χ1n) is 21.2. The Labute approximate surface area is 361 Å². The summed E-state index contributed by atoms with van der Waals surface area (Å²) in [4.78, 5) is 5.37. The second-order valence-electron chi connectivity index (χ2n) is 16.0. The van der Waals surface area contributed by atoms with Crippen molar-refractivity contribution in [1.29, 1.82) is 0 Å². The quantitative estimate of drug-likeness (QED) is 0.174. The van der Waals surface area contributed by atoms with Crippen molar-refractivity contribution < 1.29 is 0 Å². The molecule has 1 unspecified atom stereocenters. The van der Waals surface area contributed by atoms with Crippen LogP contribution < -0.4 is 5.43 Å². The first kappa shape index (κ1) is 35.9. The molecule has 292 valence electrons. The van der Waals surface area contributed by atoms with Crippen molar-refractivity contribution in [2.24, 2.45) is 0 Å². The van der Waals surface area contributed by atoms with Crippen molar-refractivity contribution in [3.63, 3.8) is 0 Å². The van der Waals surface area contributed by atoms with E-state index in [0.29, 0.717) is 0 Å². The zero-order valence-corrected chi connectivity index (χ0v) is 33.9. The minimum Gasteiger partial charge on any atom is -0.309 e. The van der Waals surface area contributed by atoms with E-state index in [9.17, 15) is 0 Å². The fourth-order valence-corrected chi connectivity index (χ4v) is 9.50. The second kappa shape index (κ2) is 14.9. The number of pyridine rings is 1. The third-order valence-electron chi connectivity index (χ3n) is 12.4. The van der Waals surface area contributed by atoms with Crippen molar-refractivity contribution in [2.75, 3.05) is 0 Å². The molecule has 0 radical (unpaired) electrons. The summed E-state index contributed by atoms with van der Waals surface area (Å²) in [5.74, 6) is 0. The predicted octanol–water partition coefficient (Wildman–Crippen LogP) is 14.1.